The molecule has 1 aliphatic carbocycles. The topological polar surface area (TPSA) is 88.2 Å². The molecule has 1 fully saturated rings. The van der Waals surface area contributed by atoms with Gasteiger partial charge in [0, 0.05) is 5.02 Å². The molecule has 0 aliphatic heterocycles. The molecular formula is C18H22ClN3O3. The molecule has 2 N–H and O–H groups in total. The maximum atomic E-state index is 11.9. The van der Waals surface area contributed by atoms with E-state index in [1.165, 1.54) is 17.3 Å². The first-order valence-corrected chi connectivity index (χ1v) is 8.75. The molecule has 2 aromatic rings. The van der Waals surface area contributed by atoms with E-state index in [2.05, 4.69) is 10.1 Å². The zero-order valence-corrected chi connectivity index (χ0v) is 14.9. The van der Waals surface area contributed by atoms with Gasteiger partial charge in [-0.3, -0.25) is 9.48 Å². The number of carboxylic acids is 1. The summed E-state index contributed by atoms with van der Waals surface area (Å²) < 4.78 is 1.52. The molecule has 1 aliphatic rings. The van der Waals surface area contributed by atoms with Crippen molar-refractivity contribution in [3.63, 3.8) is 0 Å². The molecule has 0 bridgehead atoms. The fourth-order valence-electron chi connectivity index (χ4n) is 3.90. The second-order valence-electron chi connectivity index (χ2n) is 7.06. The summed E-state index contributed by atoms with van der Waals surface area (Å²) in [6.07, 6.45) is 5.47. The SMILES string of the molecule is C[C@@]1(C(=O)O)CC[C@@H](CCc2ccc(Cl)cc2)[C@]1(O)Cn1cncn1. The molecule has 25 heavy (non-hydrogen) atoms. The zero-order chi connectivity index (χ0) is 18.1. The van der Waals surface area contributed by atoms with E-state index in [0.717, 1.165) is 12.0 Å². The maximum Gasteiger partial charge on any atom is 0.312 e. The van der Waals surface area contributed by atoms with Crippen molar-refractivity contribution < 1.29 is 15.0 Å². The maximum absolute atomic E-state index is 11.9. The van der Waals surface area contributed by atoms with Crippen molar-refractivity contribution in [1.82, 2.24) is 14.8 Å². The molecule has 3 atom stereocenters. The Balaban J connectivity index is 1.81. The van der Waals surface area contributed by atoms with Gasteiger partial charge >= 0.3 is 5.97 Å². The highest BCUT2D eigenvalue weighted by atomic mass is 35.5. The Kier molecular flexibility index (Phi) is 4.84. The second-order valence-corrected chi connectivity index (χ2v) is 7.49. The van der Waals surface area contributed by atoms with Crippen LogP contribution in [-0.4, -0.2) is 36.5 Å². The molecule has 6 nitrogen and oxygen atoms in total. The largest absolute Gasteiger partial charge is 0.481 e. The smallest absolute Gasteiger partial charge is 0.312 e. The van der Waals surface area contributed by atoms with Crippen molar-refractivity contribution in [3.8, 4) is 0 Å². The molecule has 1 heterocycles. The van der Waals surface area contributed by atoms with Crippen molar-refractivity contribution in [2.45, 2.75) is 44.8 Å². The van der Waals surface area contributed by atoms with E-state index < -0.39 is 17.0 Å². The molecule has 3 rings (SSSR count). The Hall–Kier alpha value is -1.92. The van der Waals surface area contributed by atoms with Crippen molar-refractivity contribution in [2.24, 2.45) is 11.3 Å². The van der Waals surface area contributed by atoms with Gasteiger partial charge in [-0.1, -0.05) is 23.7 Å². The lowest BCUT2D eigenvalue weighted by Crippen LogP contribution is -2.54. The zero-order valence-electron chi connectivity index (χ0n) is 14.1. The first-order valence-electron chi connectivity index (χ1n) is 8.38. The van der Waals surface area contributed by atoms with Crippen LogP contribution in [0.5, 0.6) is 0 Å². The Labute approximate surface area is 151 Å². The molecule has 0 amide bonds. The third kappa shape index (κ3) is 3.28. The molecule has 1 saturated carbocycles. The minimum atomic E-state index is -1.38. The summed E-state index contributed by atoms with van der Waals surface area (Å²) in [7, 11) is 0. The van der Waals surface area contributed by atoms with E-state index in [4.69, 9.17) is 11.6 Å². The number of hydrogen-bond donors (Lipinski definition) is 2. The average Bonchev–Trinajstić information content (AvgIpc) is 3.16. The van der Waals surface area contributed by atoms with Gasteiger partial charge in [0.25, 0.3) is 0 Å². The third-order valence-corrected chi connectivity index (χ3v) is 5.91. The summed E-state index contributed by atoms with van der Waals surface area (Å²) >= 11 is 5.92. The number of aliphatic carboxylic acids is 1. The predicted molar refractivity (Wildman–Crippen MR) is 93.2 cm³/mol. The summed E-state index contributed by atoms with van der Waals surface area (Å²) in [5, 5.41) is 25.9. The lowest BCUT2D eigenvalue weighted by molar-refractivity contribution is -0.169. The molecular weight excluding hydrogens is 342 g/mol. The summed E-state index contributed by atoms with van der Waals surface area (Å²) in [6, 6.07) is 7.61. The van der Waals surface area contributed by atoms with E-state index in [-0.39, 0.29) is 12.5 Å². The second kappa shape index (κ2) is 6.77. The summed E-state index contributed by atoms with van der Waals surface area (Å²) in [4.78, 5) is 15.8. The highest BCUT2D eigenvalue weighted by Gasteiger charge is 2.61. The van der Waals surface area contributed by atoms with Crippen LogP contribution in [0.2, 0.25) is 5.02 Å². The number of hydrogen-bond acceptors (Lipinski definition) is 4. The van der Waals surface area contributed by atoms with Gasteiger partial charge in [-0.2, -0.15) is 5.10 Å². The first-order chi connectivity index (χ1) is 11.8. The summed E-state index contributed by atoms with van der Waals surface area (Å²) in [5.74, 6) is -1.10. The van der Waals surface area contributed by atoms with E-state index >= 15 is 0 Å². The predicted octanol–water partition coefficient (Wildman–Crippen LogP) is 2.80. The van der Waals surface area contributed by atoms with Gasteiger partial charge in [0.1, 0.15) is 18.3 Å². The van der Waals surface area contributed by atoms with Crippen LogP contribution >= 0.6 is 11.6 Å². The van der Waals surface area contributed by atoms with Gasteiger partial charge in [0.05, 0.1) is 12.0 Å². The van der Waals surface area contributed by atoms with Crippen molar-refractivity contribution >= 4 is 17.6 Å². The quantitative estimate of drug-likeness (QED) is 0.823. The average molecular weight is 364 g/mol. The molecule has 134 valence electrons. The van der Waals surface area contributed by atoms with Crippen molar-refractivity contribution in [1.29, 1.82) is 0 Å². The Bertz CT molecular complexity index is 735. The van der Waals surface area contributed by atoms with Crippen LogP contribution in [-0.2, 0) is 17.8 Å². The van der Waals surface area contributed by atoms with E-state index in [1.54, 1.807) is 6.92 Å². The molecule has 0 unspecified atom stereocenters. The number of carboxylic acid groups (broad SMARTS) is 1. The number of rotatable bonds is 6. The molecule has 1 aromatic carbocycles. The third-order valence-electron chi connectivity index (χ3n) is 5.66. The Morgan fingerprint density at radius 3 is 2.72 bits per heavy atom. The van der Waals surface area contributed by atoms with Crippen LogP contribution < -0.4 is 0 Å². The van der Waals surface area contributed by atoms with Crippen LogP contribution in [0.25, 0.3) is 0 Å². The van der Waals surface area contributed by atoms with Gasteiger partial charge in [-0.25, -0.2) is 4.98 Å². The minimum Gasteiger partial charge on any atom is -0.481 e. The monoisotopic (exact) mass is 363 g/mol. The number of aliphatic hydroxyl groups is 1. The number of halogens is 1. The number of benzene rings is 1. The van der Waals surface area contributed by atoms with Crippen LogP contribution in [0, 0.1) is 11.3 Å². The van der Waals surface area contributed by atoms with E-state index in [9.17, 15) is 15.0 Å². The highest BCUT2D eigenvalue weighted by Crippen LogP contribution is 2.52. The van der Waals surface area contributed by atoms with Gasteiger partial charge in [0.2, 0.25) is 0 Å². The van der Waals surface area contributed by atoms with E-state index in [1.807, 2.05) is 24.3 Å². The highest BCUT2D eigenvalue weighted by molar-refractivity contribution is 6.30. The Morgan fingerprint density at radius 2 is 2.12 bits per heavy atom. The summed E-state index contributed by atoms with van der Waals surface area (Å²) in [6.45, 7) is 1.76. The molecule has 0 saturated heterocycles. The minimum absolute atomic E-state index is 0.126. The molecule has 7 heteroatoms. The first kappa shape index (κ1) is 17.9. The van der Waals surface area contributed by atoms with Gasteiger partial charge in [0.15, 0.2) is 0 Å². The lowest BCUT2D eigenvalue weighted by Gasteiger charge is -2.40. The lowest BCUT2D eigenvalue weighted by atomic mass is 9.71. The van der Waals surface area contributed by atoms with E-state index in [0.29, 0.717) is 24.3 Å². The van der Waals surface area contributed by atoms with Crippen LogP contribution in [0.1, 0.15) is 31.7 Å². The molecule has 0 radical (unpaired) electrons. The number of carbonyl (C=O) groups is 1. The standard InChI is InChI=1S/C18H22ClN3O3/c1-17(16(23)24)9-8-14(5-2-13-3-6-15(19)7-4-13)18(17,25)10-22-12-20-11-21-22/h3-4,6-7,11-12,14,25H,2,5,8-10H2,1H3,(H,23,24)/t14-,17+,18-/m1/s1. The van der Waals surface area contributed by atoms with Crippen LogP contribution in [0.15, 0.2) is 36.9 Å². The van der Waals surface area contributed by atoms with Gasteiger partial charge in [-0.15, -0.1) is 0 Å². The van der Waals surface area contributed by atoms with Crippen LogP contribution in [0.4, 0.5) is 0 Å². The van der Waals surface area contributed by atoms with Crippen LogP contribution in [0.3, 0.4) is 0 Å². The fourth-order valence-corrected chi connectivity index (χ4v) is 4.03. The Morgan fingerprint density at radius 1 is 1.40 bits per heavy atom. The van der Waals surface area contributed by atoms with Crippen molar-refractivity contribution in [3.05, 3.63) is 47.5 Å². The number of aryl methyl sites for hydroxylation is 1. The summed E-state index contributed by atoms with van der Waals surface area (Å²) in [5.41, 5.74) is -1.46. The normalized spacial score (nSPS) is 29.0. The molecule has 0 spiro atoms. The fraction of sp³-hybridized carbons (Fsp3) is 0.500. The van der Waals surface area contributed by atoms with Crippen molar-refractivity contribution in [2.75, 3.05) is 0 Å². The van der Waals surface area contributed by atoms with Gasteiger partial charge in [-0.05, 0) is 56.2 Å². The molecule has 1 aromatic heterocycles. The van der Waals surface area contributed by atoms with Gasteiger partial charge < -0.3 is 10.2 Å². The number of nitrogens with zero attached hydrogens (tertiary/aromatic N) is 3. The number of aromatic nitrogens is 3.